The van der Waals surface area contributed by atoms with E-state index in [0.717, 1.165) is 46.7 Å². The highest BCUT2D eigenvalue weighted by molar-refractivity contribution is 6.06. The average molecular weight is 484 g/mol. The number of hydrogen-bond donors (Lipinski definition) is 0. The third-order valence-corrected chi connectivity index (χ3v) is 7.73. The number of ether oxygens (including phenoxy) is 1. The van der Waals surface area contributed by atoms with Gasteiger partial charge in [-0.1, -0.05) is 70.2 Å². The number of Topliss-reactive ketones (excluding diaryl/α,β-unsaturated/α-hetero) is 2. The highest BCUT2D eigenvalue weighted by atomic mass is 16.5. The van der Waals surface area contributed by atoms with E-state index in [1.165, 1.54) is 5.56 Å². The van der Waals surface area contributed by atoms with E-state index in [0.29, 0.717) is 26.0 Å². The summed E-state index contributed by atoms with van der Waals surface area (Å²) in [5.74, 6) is 0.827. The molecule has 0 amide bonds. The van der Waals surface area contributed by atoms with Crippen molar-refractivity contribution in [3.05, 3.63) is 88.3 Å². The molecule has 0 N–H and O–H groups in total. The number of nitrogens with zero attached hydrogens (tertiary/aromatic N) is 1. The van der Waals surface area contributed by atoms with E-state index in [4.69, 9.17) is 4.74 Å². The summed E-state index contributed by atoms with van der Waals surface area (Å²) in [5.41, 5.74) is 5.77. The van der Waals surface area contributed by atoms with Crippen LogP contribution < -0.4 is 4.74 Å². The number of carbonyl (C=O) groups is 2. The third kappa shape index (κ3) is 4.54. The lowest BCUT2D eigenvalue weighted by Gasteiger charge is -2.49. The normalized spacial score (nSPS) is 21.4. The molecule has 36 heavy (non-hydrogen) atoms. The molecule has 0 saturated heterocycles. The summed E-state index contributed by atoms with van der Waals surface area (Å²) in [7, 11) is 0. The molecule has 0 bridgehead atoms. The average Bonchev–Trinajstić information content (AvgIpc) is 2.80. The van der Waals surface area contributed by atoms with Crippen LogP contribution in [0.25, 0.3) is 0 Å². The van der Waals surface area contributed by atoms with Crippen molar-refractivity contribution in [1.29, 1.82) is 0 Å². The molecule has 0 spiro atoms. The van der Waals surface area contributed by atoms with E-state index in [1.54, 1.807) is 0 Å². The van der Waals surface area contributed by atoms with Crippen molar-refractivity contribution in [2.24, 2.45) is 10.8 Å². The highest BCUT2D eigenvalue weighted by Crippen LogP contribution is 2.54. The second kappa shape index (κ2) is 9.06. The van der Waals surface area contributed by atoms with E-state index in [1.807, 2.05) is 37.3 Å². The van der Waals surface area contributed by atoms with Crippen molar-refractivity contribution in [3.8, 4) is 5.75 Å². The van der Waals surface area contributed by atoms with Gasteiger partial charge in [0.25, 0.3) is 0 Å². The molecule has 1 heterocycles. The first kappa shape index (κ1) is 24.5. The molecule has 4 heteroatoms. The minimum Gasteiger partial charge on any atom is -0.494 e. The van der Waals surface area contributed by atoms with Gasteiger partial charge in [-0.2, -0.15) is 0 Å². The van der Waals surface area contributed by atoms with Crippen molar-refractivity contribution in [3.63, 3.8) is 0 Å². The lowest BCUT2D eigenvalue weighted by molar-refractivity contribution is -0.119. The molecule has 0 atom stereocenters. The van der Waals surface area contributed by atoms with Crippen LogP contribution in [-0.2, 0) is 16.1 Å². The van der Waals surface area contributed by atoms with Crippen molar-refractivity contribution in [2.45, 2.75) is 72.8 Å². The third-order valence-electron chi connectivity index (χ3n) is 7.73. The predicted molar refractivity (Wildman–Crippen MR) is 142 cm³/mol. The van der Waals surface area contributed by atoms with Crippen molar-refractivity contribution < 1.29 is 14.3 Å². The largest absolute Gasteiger partial charge is 0.494 e. The van der Waals surface area contributed by atoms with Crippen LogP contribution in [-0.4, -0.2) is 23.1 Å². The van der Waals surface area contributed by atoms with Crippen LogP contribution in [0, 0.1) is 10.8 Å². The van der Waals surface area contributed by atoms with Gasteiger partial charge in [-0.25, -0.2) is 0 Å². The number of carbonyl (C=O) groups excluding carboxylic acids is 2. The summed E-state index contributed by atoms with van der Waals surface area (Å²) in [6, 6.07) is 18.4. The van der Waals surface area contributed by atoms with Crippen LogP contribution in [0.5, 0.6) is 5.75 Å². The summed E-state index contributed by atoms with van der Waals surface area (Å²) in [6.45, 7) is 12.0. The van der Waals surface area contributed by atoms with E-state index >= 15 is 0 Å². The topological polar surface area (TPSA) is 46.6 Å². The first-order valence-electron chi connectivity index (χ1n) is 13.2. The SMILES string of the molecule is CCOc1ccc(C2C3=C(CC(C)(C)CC3=O)N(Cc3ccccc3)C3=C2C(=O)CC(C)(C)C3)cc1. The summed E-state index contributed by atoms with van der Waals surface area (Å²) in [5, 5.41) is 0. The summed E-state index contributed by atoms with van der Waals surface area (Å²) >= 11 is 0. The number of ketones is 2. The Bertz CT molecular complexity index is 1190. The number of hydrogen-bond acceptors (Lipinski definition) is 4. The smallest absolute Gasteiger partial charge is 0.162 e. The summed E-state index contributed by atoms with van der Waals surface area (Å²) in [6.07, 6.45) is 2.64. The van der Waals surface area contributed by atoms with Gasteiger partial charge in [0.2, 0.25) is 0 Å². The molecule has 2 aromatic rings. The molecule has 2 aromatic carbocycles. The second-order valence-electron chi connectivity index (χ2n) is 12.1. The first-order chi connectivity index (χ1) is 17.1. The van der Waals surface area contributed by atoms with Gasteiger partial charge in [0.05, 0.1) is 6.61 Å². The Labute approximate surface area is 215 Å². The van der Waals surface area contributed by atoms with Gasteiger partial charge in [-0.15, -0.1) is 0 Å². The zero-order valence-corrected chi connectivity index (χ0v) is 22.2. The van der Waals surface area contributed by atoms with Crippen molar-refractivity contribution in [2.75, 3.05) is 6.61 Å². The number of benzene rings is 2. The molecule has 0 radical (unpaired) electrons. The van der Waals surface area contributed by atoms with Crippen molar-refractivity contribution in [1.82, 2.24) is 4.90 Å². The molecule has 188 valence electrons. The fourth-order valence-corrected chi connectivity index (χ4v) is 6.26. The Morgan fingerprint density at radius 1 is 0.778 bits per heavy atom. The Morgan fingerprint density at radius 3 is 1.81 bits per heavy atom. The Morgan fingerprint density at radius 2 is 1.31 bits per heavy atom. The highest BCUT2D eigenvalue weighted by Gasteiger charge is 2.48. The standard InChI is InChI=1S/C32H37NO3/c1-6-36-23-14-12-22(13-15-23)28-29-24(16-31(2,3)18-26(29)34)33(20-21-10-8-7-9-11-21)25-17-32(4,5)19-27(35)30(25)28/h7-15,28H,6,16-20H2,1-5H3. The van der Waals surface area contributed by atoms with Crippen LogP contribution >= 0.6 is 0 Å². The first-order valence-corrected chi connectivity index (χ1v) is 13.2. The fraction of sp³-hybridized carbons (Fsp3) is 0.438. The molecular formula is C32H37NO3. The van der Waals surface area contributed by atoms with Crippen LogP contribution in [0.3, 0.4) is 0 Å². The van der Waals surface area contributed by atoms with Gasteiger partial charge in [0.15, 0.2) is 11.6 Å². The minimum atomic E-state index is -0.315. The van der Waals surface area contributed by atoms with Gasteiger partial charge in [-0.3, -0.25) is 9.59 Å². The fourth-order valence-electron chi connectivity index (χ4n) is 6.26. The lowest BCUT2D eigenvalue weighted by Crippen LogP contribution is -2.44. The van der Waals surface area contributed by atoms with Crippen molar-refractivity contribution >= 4 is 11.6 Å². The van der Waals surface area contributed by atoms with Crippen LogP contribution in [0.2, 0.25) is 0 Å². The molecule has 5 rings (SSSR count). The molecule has 0 aromatic heterocycles. The van der Waals surface area contributed by atoms with Crippen LogP contribution in [0.4, 0.5) is 0 Å². The van der Waals surface area contributed by atoms with E-state index in [2.05, 4.69) is 56.9 Å². The van der Waals surface area contributed by atoms with Gasteiger partial charge >= 0.3 is 0 Å². The zero-order chi connectivity index (χ0) is 25.7. The number of rotatable bonds is 5. The summed E-state index contributed by atoms with van der Waals surface area (Å²) in [4.78, 5) is 30.1. The maximum atomic E-state index is 13.9. The molecule has 0 saturated carbocycles. The Kier molecular flexibility index (Phi) is 6.18. The maximum Gasteiger partial charge on any atom is 0.162 e. The second-order valence-corrected chi connectivity index (χ2v) is 12.1. The van der Waals surface area contributed by atoms with E-state index in [9.17, 15) is 9.59 Å². The van der Waals surface area contributed by atoms with Crippen LogP contribution in [0.1, 0.15) is 77.3 Å². The van der Waals surface area contributed by atoms with Crippen LogP contribution in [0.15, 0.2) is 77.1 Å². The van der Waals surface area contributed by atoms with Gasteiger partial charge in [-0.05, 0) is 53.9 Å². The molecule has 1 aliphatic heterocycles. The number of allylic oxidation sites excluding steroid dienone is 4. The summed E-state index contributed by atoms with van der Waals surface area (Å²) < 4.78 is 5.68. The predicted octanol–water partition coefficient (Wildman–Crippen LogP) is 6.97. The lowest BCUT2D eigenvalue weighted by atomic mass is 9.63. The zero-order valence-electron chi connectivity index (χ0n) is 22.2. The van der Waals surface area contributed by atoms with Gasteiger partial charge in [0, 0.05) is 47.8 Å². The molecule has 2 aliphatic carbocycles. The monoisotopic (exact) mass is 483 g/mol. The van der Waals surface area contributed by atoms with E-state index < -0.39 is 0 Å². The Balaban J connectivity index is 1.72. The molecule has 0 unspecified atom stereocenters. The molecule has 3 aliphatic rings. The maximum absolute atomic E-state index is 13.9. The molecular weight excluding hydrogens is 446 g/mol. The Hall–Kier alpha value is -3.14. The molecule has 4 nitrogen and oxygen atoms in total. The van der Waals surface area contributed by atoms with E-state index in [-0.39, 0.29) is 28.3 Å². The quantitative estimate of drug-likeness (QED) is 0.461. The minimum absolute atomic E-state index is 0.125. The van der Waals surface area contributed by atoms with Gasteiger partial charge in [0.1, 0.15) is 5.75 Å². The molecule has 0 fully saturated rings. The van der Waals surface area contributed by atoms with Gasteiger partial charge < -0.3 is 9.64 Å².